The van der Waals surface area contributed by atoms with Crippen LogP contribution in [-0.2, 0) is 16.5 Å². The first-order chi connectivity index (χ1) is 14.7. The average Bonchev–Trinajstić information content (AvgIpc) is 2.99. The summed E-state index contributed by atoms with van der Waals surface area (Å²) in [4.78, 5) is 4.32. The summed E-state index contributed by atoms with van der Waals surface area (Å²) < 4.78 is 45.8. The molecular formula is C23H29NO6S2. The van der Waals surface area contributed by atoms with Gasteiger partial charge in [-0.3, -0.25) is 4.55 Å². The second-order valence-corrected chi connectivity index (χ2v) is 11.4. The van der Waals surface area contributed by atoms with Gasteiger partial charge in [-0.15, -0.1) is 0 Å². The lowest BCUT2D eigenvalue weighted by Crippen LogP contribution is -2.23. The van der Waals surface area contributed by atoms with E-state index >= 15 is 0 Å². The second-order valence-electron chi connectivity index (χ2n) is 9.03. The predicted molar refractivity (Wildman–Crippen MR) is 125 cm³/mol. The summed E-state index contributed by atoms with van der Waals surface area (Å²) in [6, 6.07) is 8.16. The summed E-state index contributed by atoms with van der Waals surface area (Å²) in [6.07, 6.45) is -1.13. The number of fused-ring (bicyclic) bond motifs is 1. The molecule has 9 heteroatoms. The molecule has 3 rings (SSSR count). The highest BCUT2D eigenvalue weighted by molar-refractivity contribution is 7.85. The summed E-state index contributed by atoms with van der Waals surface area (Å²) in [5.41, 5.74) is 1.87. The highest BCUT2D eigenvalue weighted by Crippen LogP contribution is 2.39. The minimum Gasteiger partial charge on any atom is -0.488 e. The van der Waals surface area contributed by atoms with E-state index < -0.39 is 21.8 Å². The van der Waals surface area contributed by atoms with Crippen LogP contribution in [0.1, 0.15) is 57.4 Å². The SMILES string of the molecule is Cc1ccc(S(=O)(=O)O)c(C[C@@H](O)c2cc(OC(C)(C)C)cc3nc(OC(C)C)sc23)c1. The van der Waals surface area contributed by atoms with Crippen molar-refractivity contribution in [1.82, 2.24) is 4.98 Å². The molecule has 0 spiro atoms. The van der Waals surface area contributed by atoms with Gasteiger partial charge in [0.25, 0.3) is 15.3 Å². The van der Waals surface area contributed by atoms with Crippen molar-refractivity contribution in [3.05, 3.63) is 47.0 Å². The fourth-order valence-corrected chi connectivity index (χ4v) is 5.16. The molecule has 0 aliphatic heterocycles. The lowest BCUT2D eigenvalue weighted by atomic mass is 9.99. The largest absolute Gasteiger partial charge is 0.488 e. The number of hydrogen-bond acceptors (Lipinski definition) is 7. The summed E-state index contributed by atoms with van der Waals surface area (Å²) in [6.45, 7) is 11.4. The molecule has 2 N–H and O–H groups in total. The van der Waals surface area contributed by atoms with Gasteiger partial charge in [0.2, 0.25) is 0 Å². The maximum atomic E-state index is 11.8. The average molecular weight is 480 g/mol. The lowest BCUT2D eigenvalue weighted by molar-refractivity contribution is 0.129. The van der Waals surface area contributed by atoms with Gasteiger partial charge in [-0.1, -0.05) is 29.0 Å². The van der Waals surface area contributed by atoms with Gasteiger partial charge in [0.05, 0.1) is 27.3 Å². The van der Waals surface area contributed by atoms with Crippen molar-refractivity contribution in [2.24, 2.45) is 0 Å². The smallest absolute Gasteiger partial charge is 0.294 e. The van der Waals surface area contributed by atoms with E-state index in [0.717, 1.165) is 10.3 Å². The van der Waals surface area contributed by atoms with E-state index in [0.29, 0.717) is 27.6 Å². The summed E-state index contributed by atoms with van der Waals surface area (Å²) in [7, 11) is -4.43. The number of aliphatic hydroxyl groups excluding tert-OH is 1. The van der Waals surface area contributed by atoms with Crippen molar-refractivity contribution in [3.63, 3.8) is 0 Å². The number of nitrogens with zero attached hydrogens (tertiary/aromatic N) is 1. The molecule has 0 fully saturated rings. The van der Waals surface area contributed by atoms with Crippen LogP contribution in [0.3, 0.4) is 0 Å². The maximum absolute atomic E-state index is 11.8. The minimum absolute atomic E-state index is 0.0108. The number of ether oxygens (including phenoxy) is 2. The number of aliphatic hydroxyl groups is 1. The van der Waals surface area contributed by atoms with E-state index in [1.54, 1.807) is 24.3 Å². The standard InChI is InChI=1S/C23H29NO6S2/c1-13(2)29-22-24-18-12-16(30-23(4,5)6)11-17(21(18)31-22)19(25)10-15-9-14(3)7-8-20(15)32(26,27)28/h7-9,11-13,19,25H,10H2,1-6H3,(H,26,27,28)/t19-/m1/s1. The van der Waals surface area contributed by atoms with Crippen LogP contribution in [0.5, 0.6) is 10.9 Å². The molecule has 0 bridgehead atoms. The molecule has 0 unspecified atom stereocenters. The molecule has 1 atom stereocenters. The van der Waals surface area contributed by atoms with E-state index in [2.05, 4.69) is 4.98 Å². The van der Waals surface area contributed by atoms with E-state index in [1.807, 2.05) is 41.5 Å². The zero-order valence-electron chi connectivity index (χ0n) is 19.0. The van der Waals surface area contributed by atoms with E-state index in [-0.39, 0.29) is 17.4 Å². The van der Waals surface area contributed by atoms with Crippen molar-refractivity contribution in [2.45, 2.75) is 70.7 Å². The van der Waals surface area contributed by atoms with Crippen LogP contribution >= 0.6 is 11.3 Å². The molecule has 0 aliphatic rings. The predicted octanol–water partition coefficient (Wildman–Crippen LogP) is 5.09. The Balaban J connectivity index is 2.10. The van der Waals surface area contributed by atoms with Crippen molar-refractivity contribution in [3.8, 4) is 10.9 Å². The first-order valence-electron chi connectivity index (χ1n) is 10.3. The topological polar surface area (TPSA) is 106 Å². The molecule has 32 heavy (non-hydrogen) atoms. The van der Waals surface area contributed by atoms with Crippen LogP contribution in [0.25, 0.3) is 10.2 Å². The summed E-state index contributed by atoms with van der Waals surface area (Å²) in [5.74, 6) is 0.541. The Hall–Kier alpha value is -2.20. The van der Waals surface area contributed by atoms with Gasteiger partial charge < -0.3 is 14.6 Å². The van der Waals surface area contributed by atoms with Gasteiger partial charge in [0, 0.05) is 18.1 Å². The third-order valence-corrected chi connectivity index (χ3v) is 6.46. The number of benzene rings is 2. The minimum atomic E-state index is -4.43. The zero-order chi connectivity index (χ0) is 23.8. The molecule has 0 saturated heterocycles. The van der Waals surface area contributed by atoms with Gasteiger partial charge in [0.1, 0.15) is 11.4 Å². The Morgan fingerprint density at radius 3 is 2.44 bits per heavy atom. The number of hydrogen-bond donors (Lipinski definition) is 2. The highest BCUT2D eigenvalue weighted by Gasteiger charge is 2.23. The third kappa shape index (κ3) is 5.98. The lowest BCUT2D eigenvalue weighted by Gasteiger charge is -2.22. The van der Waals surface area contributed by atoms with E-state index in [4.69, 9.17) is 9.47 Å². The normalized spacial score (nSPS) is 13.5. The highest BCUT2D eigenvalue weighted by atomic mass is 32.2. The quantitative estimate of drug-likeness (QED) is 0.455. The van der Waals surface area contributed by atoms with Crippen LogP contribution in [0, 0.1) is 6.92 Å². The van der Waals surface area contributed by atoms with Crippen molar-refractivity contribution < 1.29 is 27.6 Å². The second kappa shape index (κ2) is 8.97. The van der Waals surface area contributed by atoms with Crippen molar-refractivity contribution in [2.75, 3.05) is 0 Å². The van der Waals surface area contributed by atoms with Crippen molar-refractivity contribution >= 4 is 31.7 Å². The molecule has 174 valence electrons. The van der Waals surface area contributed by atoms with Gasteiger partial charge in [-0.25, -0.2) is 4.98 Å². The van der Waals surface area contributed by atoms with Gasteiger partial charge in [-0.2, -0.15) is 8.42 Å². The molecule has 3 aromatic rings. The molecule has 7 nitrogen and oxygen atoms in total. The van der Waals surface area contributed by atoms with Crippen LogP contribution in [0.15, 0.2) is 35.2 Å². The van der Waals surface area contributed by atoms with Crippen LogP contribution in [0.2, 0.25) is 0 Å². The fourth-order valence-electron chi connectivity index (χ4n) is 3.36. The number of aryl methyl sites for hydroxylation is 1. The Morgan fingerprint density at radius 1 is 1.16 bits per heavy atom. The van der Waals surface area contributed by atoms with Crippen LogP contribution in [0.4, 0.5) is 0 Å². The number of aromatic nitrogens is 1. The third-order valence-electron chi connectivity index (χ3n) is 4.50. The molecular weight excluding hydrogens is 450 g/mol. The molecule has 1 aromatic heterocycles. The van der Waals surface area contributed by atoms with E-state index in [1.165, 1.54) is 17.4 Å². The first-order valence-corrected chi connectivity index (χ1v) is 12.5. The Kier molecular flexibility index (Phi) is 6.86. The van der Waals surface area contributed by atoms with E-state index in [9.17, 15) is 18.1 Å². The monoisotopic (exact) mass is 479 g/mol. The molecule has 0 aliphatic carbocycles. The summed E-state index contributed by atoms with van der Waals surface area (Å²) >= 11 is 1.31. The molecule has 1 heterocycles. The number of thiazole rings is 1. The maximum Gasteiger partial charge on any atom is 0.294 e. The summed E-state index contributed by atoms with van der Waals surface area (Å²) in [5, 5.41) is 11.7. The Bertz CT molecular complexity index is 1230. The van der Waals surface area contributed by atoms with Gasteiger partial charge in [-0.05, 0) is 59.2 Å². The Morgan fingerprint density at radius 2 is 1.84 bits per heavy atom. The molecule has 0 radical (unpaired) electrons. The fraction of sp³-hybridized carbons (Fsp3) is 0.435. The van der Waals surface area contributed by atoms with Crippen LogP contribution < -0.4 is 9.47 Å². The Labute approximate surface area is 192 Å². The zero-order valence-corrected chi connectivity index (χ0v) is 20.7. The first kappa shape index (κ1) is 24.4. The number of rotatable bonds is 7. The van der Waals surface area contributed by atoms with Crippen molar-refractivity contribution in [1.29, 1.82) is 0 Å². The molecule has 2 aromatic carbocycles. The van der Waals surface area contributed by atoms with Gasteiger partial charge in [0.15, 0.2) is 0 Å². The van der Waals surface area contributed by atoms with Crippen LogP contribution in [-0.4, -0.2) is 34.8 Å². The molecule has 0 saturated carbocycles. The molecule has 0 amide bonds. The van der Waals surface area contributed by atoms with Gasteiger partial charge >= 0.3 is 0 Å².